The van der Waals surface area contributed by atoms with Crippen molar-refractivity contribution in [3.63, 3.8) is 0 Å². The molecule has 0 saturated heterocycles. The number of aromatic nitrogens is 1. The maximum Gasteiger partial charge on any atom is 0.335 e. The Hall–Kier alpha value is -3.86. The van der Waals surface area contributed by atoms with Crippen LogP contribution in [-0.2, 0) is 11.2 Å². The van der Waals surface area contributed by atoms with Crippen LogP contribution in [0, 0.1) is 0 Å². The Morgan fingerprint density at radius 3 is 2.43 bits per heavy atom. The fourth-order valence-corrected chi connectivity index (χ4v) is 3.30. The minimum absolute atomic E-state index is 0.0104. The Balaban J connectivity index is 1.61. The highest BCUT2D eigenvalue weighted by molar-refractivity contribution is 5.99. The largest absolute Gasteiger partial charge is 0.478 e. The van der Waals surface area contributed by atoms with Crippen molar-refractivity contribution in [2.75, 3.05) is 5.32 Å². The number of anilines is 1. The number of benzene rings is 3. The maximum absolute atomic E-state index is 12.6. The van der Waals surface area contributed by atoms with E-state index in [0.29, 0.717) is 11.3 Å². The molecule has 0 aliphatic heterocycles. The maximum atomic E-state index is 12.6. The molecular weight excluding hydrogens is 352 g/mol. The fraction of sp³-hybridized carbons (Fsp3) is 0.0435. The van der Waals surface area contributed by atoms with Gasteiger partial charge in [0.15, 0.2) is 0 Å². The molecule has 28 heavy (non-hydrogen) atoms. The number of aromatic carboxylic acids is 1. The number of carbonyl (C=O) groups is 2. The molecule has 4 rings (SSSR count). The Labute approximate surface area is 161 Å². The molecule has 1 amide bonds. The van der Waals surface area contributed by atoms with Crippen LogP contribution in [0.5, 0.6) is 0 Å². The normalized spacial score (nSPS) is 10.7. The van der Waals surface area contributed by atoms with E-state index in [4.69, 9.17) is 0 Å². The molecule has 138 valence electrons. The Bertz CT molecular complexity index is 1140. The van der Waals surface area contributed by atoms with Crippen LogP contribution < -0.4 is 5.32 Å². The molecule has 0 bridgehead atoms. The summed E-state index contributed by atoms with van der Waals surface area (Å²) in [5.74, 6) is -1.31. The number of carboxylic acid groups (broad SMARTS) is 1. The molecule has 0 radical (unpaired) electrons. The van der Waals surface area contributed by atoms with Crippen LogP contribution in [0.4, 0.5) is 5.69 Å². The molecule has 3 N–H and O–H groups in total. The van der Waals surface area contributed by atoms with Gasteiger partial charge < -0.3 is 15.4 Å². The Morgan fingerprint density at radius 2 is 1.61 bits per heavy atom. The highest BCUT2D eigenvalue weighted by atomic mass is 16.4. The van der Waals surface area contributed by atoms with Gasteiger partial charge >= 0.3 is 5.97 Å². The van der Waals surface area contributed by atoms with Crippen LogP contribution in [0.25, 0.3) is 22.2 Å². The monoisotopic (exact) mass is 370 g/mol. The molecule has 0 aliphatic carbocycles. The Kier molecular flexibility index (Phi) is 4.64. The van der Waals surface area contributed by atoms with Crippen LogP contribution in [-0.4, -0.2) is 22.0 Å². The highest BCUT2D eigenvalue weighted by Crippen LogP contribution is 2.30. The minimum Gasteiger partial charge on any atom is -0.478 e. The van der Waals surface area contributed by atoms with Gasteiger partial charge in [-0.1, -0.05) is 54.6 Å². The van der Waals surface area contributed by atoms with Crippen molar-refractivity contribution in [2.45, 2.75) is 6.42 Å². The predicted octanol–water partition coefficient (Wildman–Crippen LogP) is 4.71. The SMILES string of the molecule is O=C(Cc1ccccc1C(=O)O)Nc1ccccc1-c1cc2ccccc2[nH]1. The zero-order chi connectivity index (χ0) is 19.5. The summed E-state index contributed by atoms with van der Waals surface area (Å²) in [6, 6.07) is 24.1. The van der Waals surface area contributed by atoms with Crippen LogP contribution in [0.1, 0.15) is 15.9 Å². The third-order valence-electron chi connectivity index (χ3n) is 4.62. The summed E-state index contributed by atoms with van der Waals surface area (Å²) < 4.78 is 0. The number of carboxylic acids is 1. The number of hydrogen-bond donors (Lipinski definition) is 3. The molecule has 5 nitrogen and oxygen atoms in total. The van der Waals surface area contributed by atoms with Gasteiger partial charge in [-0.15, -0.1) is 0 Å². The number of carbonyl (C=O) groups excluding carboxylic acids is 1. The summed E-state index contributed by atoms with van der Waals surface area (Å²) in [7, 11) is 0. The molecule has 0 spiro atoms. The number of para-hydroxylation sites is 2. The average molecular weight is 370 g/mol. The second-order valence-electron chi connectivity index (χ2n) is 6.50. The van der Waals surface area contributed by atoms with E-state index in [-0.39, 0.29) is 17.9 Å². The molecule has 0 fully saturated rings. The average Bonchev–Trinajstić information content (AvgIpc) is 3.12. The van der Waals surface area contributed by atoms with Crippen molar-refractivity contribution in [1.29, 1.82) is 0 Å². The van der Waals surface area contributed by atoms with Gasteiger partial charge in [0.25, 0.3) is 0 Å². The first-order valence-electron chi connectivity index (χ1n) is 8.90. The molecule has 0 saturated carbocycles. The molecule has 3 aromatic carbocycles. The second-order valence-corrected chi connectivity index (χ2v) is 6.50. The van der Waals surface area contributed by atoms with E-state index in [1.807, 2.05) is 54.6 Å². The lowest BCUT2D eigenvalue weighted by Crippen LogP contribution is -2.17. The second kappa shape index (κ2) is 7.40. The first-order chi connectivity index (χ1) is 13.6. The van der Waals surface area contributed by atoms with E-state index in [9.17, 15) is 14.7 Å². The standard InChI is InChI=1S/C23H18N2O3/c26-22(14-15-7-1-3-9-17(15)23(27)28)25-20-12-6-4-10-18(20)21-13-16-8-2-5-11-19(16)24-21/h1-13,24H,14H2,(H,25,26)(H,27,28). The van der Waals surface area contributed by atoms with Gasteiger partial charge in [-0.3, -0.25) is 4.79 Å². The number of H-pyrrole nitrogens is 1. The summed E-state index contributed by atoms with van der Waals surface area (Å²) in [6.07, 6.45) is -0.0104. The van der Waals surface area contributed by atoms with Crippen molar-refractivity contribution in [2.24, 2.45) is 0 Å². The summed E-state index contributed by atoms with van der Waals surface area (Å²) in [5, 5.41) is 13.3. The van der Waals surface area contributed by atoms with Gasteiger partial charge in [-0.2, -0.15) is 0 Å². The number of amides is 1. The molecule has 0 aliphatic rings. The lowest BCUT2D eigenvalue weighted by molar-refractivity contribution is -0.115. The van der Waals surface area contributed by atoms with E-state index >= 15 is 0 Å². The summed E-state index contributed by atoms with van der Waals surface area (Å²) >= 11 is 0. The summed E-state index contributed by atoms with van der Waals surface area (Å²) in [6.45, 7) is 0. The molecule has 1 heterocycles. The van der Waals surface area contributed by atoms with Crippen LogP contribution >= 0.6 is 0 Å². The van der Waals surface area contributed by atoms with E-state index in [0.717, 1.165) is 22.2 Å². The number of nitrogens with one attached hydrogen (secondary N) is 2. The molecule has 4 aromatic rings. The predicted molar refractivity (Wildman–Crippen MR) is 109 cm³/mol. The number of aromatic amines is 1. The third kappa shape index (κ3) is 3.50. The molecule has 5 heteroatoms. The molecule has 0 atom stereocenters. The van der Waals surface area contributed by atoms with Crippen LogP contribution in [0.2, 0.25) is 0 Å². The molecule has 0 unspecified atom stereocenters. The third-order valence-corrected chi connectivity index (χ3v) is 4.62. The van der Waals surface area contributed by atoms with Crippen LogP contribution in [0.3, 0.4) is 0 Å². The topological polar surface area (TPSA) is 82.2 Å². The lowest BCUT2D eigenvalue weighted by atomic mass is 10.0. The highest BCUT2D eigenvalue weighted by Gasteiger charge is 2.14. The molecular formula is C23H18N2O3. The van der Waals surface area contributed by atoms with Crippen LogP contribution in [0.15, 0.2) is 78.9 Å². The zero-order valence-electron chi connectivity index (χ0n) is 15.0. The van der Waals surface area contributed by atoms with E-state index in [1.54, 1.807) is 18.2 Å². The minimum atomic E-state index is -1.04. The van der Waals surface area contributed by atoms with Crippen molar-refractivity contribution in [3.05, 3.63) is 90.0 Å². The fourth-order valence-electron chi connectivity index (χ4n) is 3.30. The Morgan fingerprint density at radius 1 is 0.893 bits per heavy atom. The summed E-state index contributed by atoms with van der Waals surface area (Å²) in [5.41, 5.74) is 4.10. The van der Waals surface area contributed by atoms with E-state index in [1.165, 1.54) is 6.07 Å². The number of hydrogen-bond acceptors (Lipinski definition) is 2. The molecule has 1 aromatic heterocycles. The number of fused-ring (bicyclic) bond motifs is 1. The first kappa shape index (κ1) is 17.5. The van der Waals surface area contributed by atoms with Crippen molar-refractivity contribution < 1.29 is 14.7 Å². The van der Waals surface area contributed by atoms with Crippen molar-refractivity contribution in [3.8, 4) is 11.3 Å². The quantitative estimate of drug-likeness (QED) is 0.476. The lowest BCUT2D eigenvalue weighted by Gasteiger charge is -2.11. The van der Waals surface area contributed by atoms with Crippen molar-refractivity contribution in [1.82, 2.24) is 4.98 Å². The van der Waals surface area contributed by atoms with Gasteiger partial charge in [-0.25, -0.2) is 4.79 Å². The van der Waals surface area contributed by atoms with E-state index < -0.39 is 5.97 Å². The van der Waals surface area contributed by atoms with Gasteiger partial charge in [0.05, 0.1) is 17.7 Å². The van der Waals surface area contributed by atoms with Gasteiger partial charge in [0.2, 0.25) is 5.91 Å². The summed E-state index contributed by atoms with van der Waals surface area (Å²) in [4.78, 5) is 27.3. The van der Waals surface area contributed by atoms with Gasteiger partial charge in [-0.05, 0) is 29.8 Å². The zero-order valence-corrected chi connectivity index (χ0v) is 15.0. The van der Waals surface area contributed by atoms with Crippen molar-refractivity contribution >= 4 is 28.5 Å². The van der Waals surface area contributed by atoms with Gasteiger partial charge in [0, 0.05) is 22.2 Å². The number of rotatable bonds is 5. The van der Waals surface area contributed by atoms with E-state index in [2.05, 4.69) is 10.3 Å². The first-order valence-corrected chi connectivity index (χ1v) is 8.90. The van der Waals surface area contributed by atoms with Gasteiger partial charge in [0.1, 0.15) is 0 Å². The smallest absolute Gasteiger partial charge is 0.335 e.